The van der Waals surface area contributed by atoms with Crippen molar-refractivity contribution in [3.8, 4) is 0 Å². The van der Waals surface area contributed by atoms with Crippen LogP contribution in [0.15, 0.2) is 30.3 Å². The van der Waals surface area contributed by atoms with E-state index in [2.05, 4.69) is 29.2 Å². The Bertz CT molecular complexity index is 568. The summed E-state index contributed by atoms with van der Waals surface area (Å²) in [6.07, 6.45) is 3.28. The predicted octanol–water partition coefficient (Wildman–Crippen LogP) is 3.09. The lowest BCUT2D eigenvalue weighted by Crippen LogP contribution is -2.49. The van der Waals surface area contributed by atoms with Gasteiger partial charge in [0.05, 0.1) is 13.0 Å². The summed E-state index contributed by atoms with van der Waals surface area (Å²) in [6, 6.07) is 10.7. The van der Waals surface area contributed by atoms with E-state index in [1.54, 1.807) is 0 Å². The summed E-state index contributed by atoms with van der Waals surface area (Å²) in [6.45, 7) is 7.21. The maximum Gasteiger partial charge on any atom is 0.310 e. The highest BCUT2D eigenvalue weighted by atomic mass is 16.5. The molecule has 1 aromatic rings. The van der Waals surface area contributed by atoms with E-state index in [0.717, 1.165) is 38.9 Å². The molecule has 1 aliphatic rings. The fourth-order valence-electron chi connectivity index (χ4n) is 3.61. The number of rotatable bonds is 8. The van der Waals surface area contributed by atoms with E-state index in [1.807, 2.05) is 24.8 Å². The number of piperidine rings is 1. The Labute approximate surface area is 157 Å². The molecule has 2 rings (SSSR count). The number of amides is 1. The van der Waals surface area contributed by atoms with Crippen LogP contribution < -0.4 is 0 Å². The highest BCUT2D eigenvalue weighted by Gasteiger charge is 2.30. The van der Waals surface area contributed by atoms with Crippen molar-refractivity contribution in [1.29, 1.82) is 0 Å². The SMILES string of the molecule is CCCC(=O)N(CC(C)C(=O)OC)C1CCN(Cc2ccccc2)CC1. The van der Waals surface area contributed by atoms with Crippen molar-refractivity contribution in [2.24, 2.45) is 5.92 Å². The Hall–Kier alpha value is -1.88. The zero-order chi connectivity index (χ0) is 18.9. The third kappa shape index (κ3) is 5.84. The van der Waals surface area contributed by atoms with Crippen LogP contribution in [0.4, 0.5) is 0 Å². The van der Waals surface area contributed by atoms with E-state index < -0.39 is 0 Å². The number of methoxy groups -OCH3 is 1. The van der Waals surface area contributed by atoms with Gasteiger partial charge in [-0.1, -0.05) is 44.2 Å². The molecule has 1 heterocycles. The van der Waals surface area contributed by atoms with E-state index in [4.69, 9.17) is 4.74 Å². The van der Waals surface area contributed by atoms with Gasteiger partial charge in [0.15, 0.2) is 0 Å². The first-order valence-corrected chi connectivity index (χ1v) is 9.68. The molecule has 0 N–H and O–H groups in total. The summed E-state index contributed by atoms with van der Waals surface area (Å²) in [4.78, 5) is 28.8. The molecule has 1 unspecified atom stereocenters. The highest BCUT2D eigenvalue weighted by molar-refractivity contribution is 5.78. The third-order valence-corrected chi connectivity index (χ3v) is 5.11. The van der Waals surface area contributed by atoms with Gasteiger partial charge in [0.25, 0.3) is 0 Å². The Balaban J connectivity index is 1.94. The fraction of sp³-hybridized carbons (Fsp3) is 0.619. The van der Waals surface area contributed by atoms with E-state index in [0.29, 0.717) is 13.0 Å². The van der Waals surface area contributed by atoms with Crippen molar-refractivity contribution in [2.45, 2.75) is 52.1 Å². The highest BCUT2D eigenvalue weighted by Crippen LogP contribution is 2.21. The lowest BCUT2D eigenvalue weighted by Gasteiger charge is -2.39. The predicted molar refractivity (Wildman–Crippen MR) is 103 cm³/mol. The molecule has 0 aromatic heterocycles. The zero-order valence-electron chi connectivity index (χ0n) is 16.3. The molecular weight excluding hydrogens is 328 g/mol. The minimum atomic E-state index is -0.289. The minimum Gasteiger partial charge on any atom is -0.469 e. The van der Waals surface area contributed by atoms with Crippen molar-refractivity contribution in [3.63, 3.8) is 0 Å². The summed E-state index contributed by atoms with van der Waals surface area (Å²) in [5.74, 6) is -0.381. The molecule has 26 heavy (non-hydrogen) atoms. The number of benzene rings is 1. The average Bonchev–Trinajstić information content (AvgIpc) is 2.67. The van der Waals surface area contributed by atoms with Gasteiger partial charge < -0.3 is 9.64 Å². The van der Waals surface area contributed by atoms with Crippen molar-refractivity contribution in [1.82, 2.24) is 9.80 Å². The van der Waals surface area contributed by atoms with Crippen LogP contribution >= 0.6 is 0 Å². The molecular formula is C21H32N2O3. The topological polar surface area (TPSA) is 49.9 Å². The van der Waals surface area contributed by atoms with Crippen molar-refractivity contribution in [3.05, 3.63) is 35.9 Å². The summed E-state index contributed by atoms with van der Waals surface area (Å²) in [5.41, 5.74) is 1.32. The maximum atomic E-state index is 12.6. The van der Waals surface area contributed by atoms with E-state index in [9.17, 15) is 9.59 Å². The number of ether oxygens (including phenoxy) is 1. The Morgan fingerprint density at radius 2 is 1.88 bits per heavy atom. The molecule has 144 valence electrons. The Morgan fingerprint density at radius 1 is 1.23 bits per heavy atom. The second-order valence-electron chi connectivity index (χ2n) is 7.21. The summed E-state index contributed by atoms with van der Waals surface area (Å²) in [7, 11) is 1.40. The van der Waals surface area contributed by atoms with Crippen molar-refractivity contribution in [2.75, 3.05) is 26.7 Å². The molecule has 0 bridgehead atoms. The second-order valence-corrected chi connectivity index (χ2v) is 7.21. The Kier molecular flexibility index (Phi) is 8.10. The molecule has 5 nitrogen and oxygen atoms in total. The first-order valence-electron chi connectivity index (χ1n) is 9.68. The van der Waals surface area contributed by atoms with Crippen LogP contribution in [0, 0.1) is 5.92 Å². The lowest BCUT2D eigenvalue weighted by atomic mass is 10.00. The fourth-order valence-corrected chi connectivity index (χ4v) is 3.61. The Morgan fingerprint density at radius 3 is 2.46 bits per heavy atom. The second kappa shape index (κ2) is 10.3. The molecule has 0 aliphatic carbocycles. The van der Waals surface area contributed by atoms with Gasteiger partial charge in [-0.25, -0.2) is 0 Å². The first kappa shape index (κ1) is 20.4. The first-order chi connectivity index (χ1) is 12.5. The van der Waals surface area contributed by atoms with Gasteiger partial charge in [0.2, 0.25) is 5.91 Å². The van der Waals surface area contributed by atoms with Gasteiger partial charge in [0.1, 0.15) is 0 Å². The third-order valence-electron chi connectivity index (χ3n) is 5.11. The molecule has 0 radical (unpaired) electrons. The van der Waals surface area contributed by atoms with Crippen LogP contribution in [0.1, 0.15) is 45.1 Å². The van der Waals surface area contributed by atoms with Crippen molar-refractivity contribution >= 4 is 11.9 Å². The van der Waals surface area contributed by atoms with Gasteiger partial charge in [-0.2, -0.15) is 0 Å². The number of hydrogen-bond donors (Lipinski definition) is 0. The van der Waals surface area contributed by atoms with Crippen LogP contribution in [0.5, 0.6) is 0 Å². The standard InChI is InChI=1S/C21H32N2O3/c1-4-8-20(24)23(15-17(2)21(25)26-3)19-11-13-22(14-12-19)16-18-9-6-5-7-10-18/h5-7,9-10,17,19H,4,8,11-16H2,1-3H3. The molecule has 1 saturated heterocycles. The molecule has 1 aromatic carbocycles. The van der Waals surface area contributed by atoms with Crippen LogP contribution in [0.3, 0.4) is 0 Å². The smallest absolute Gasteiger partial charge is 0.310 e. The molecule has 1 fully saturated rings. The molecule has 1 amide bonds. The van der Waals surface area contributed by atoms with Crippen LogP contribution in [-0.4, -0.2) is 54.5 Å². The largest absolute Gasteiger partial charge is 0.469 e. The summed E-state index contributed by atoms with van der Waals surface area (Å²) in [5, 5.41) is 0. The molecule has 1 atom stereocenters. The van der Waals surface area contributed by atoms with Gasteiger partial charge in [-0.05, 0) is 24.8 Å². The van der Waals surface area contributed by atoms with Gasteiger partial charge in [0, 0.05) is 38.6 Å². The average molecular weight is 360 g/mol. The number of esters is 1. The van der Waals surface area contributed by atoms with Gasteiger partial charge >= 0.3 is 5.97 Å². The number of carbonyl (C=O) groups is 2. The maximum absolute atomic E-state index is 12.6. The molecule has 0 saturated carbocycles. The van der Waals surface area contributed by atoms with E-state index >= 15 is 0 Å². The van der Waals surface area contributed by atoms with Gasteiger partial charge in [-0.15, -0.1) is 0 Å². The van der Waals surface area contributed by atoms with E-state index in [-0.39, 0.29) is 23.8 Å². The number of carbonyl (C=O) groups excluding carboxylic acids is 2. The molecule has 1 aliphatic heterocycles. The summed E-state index contributed by atoms with van der Waals surface area (Å²) >= 11 is 0. The number of likely N-dealkylation sites (tertiary alicyclic amines) is 1. The van der Waals surface area contributed by atoms with Crippen molar-refractivity contribution < 1.29 is 14.3 Å². The lowest BCUT2D eigenvalue weighted by molar-refractivity contribution is -0.147. The summed E-state index contributed by atoms with van der Waals surface area (Å²) < 4.78 is 4.84. The number of nitrogens with zero attached hydrogens (tertiary/aromatic N) is 2. The number of hydrogen-bond acceptors (Lipinski definition) is 4. The normalized spacial score (nSPS) is 16.9. The molecule has 0 spiro atoms. The van der Waals surface area contributed by atoms with Gasteiger partial charge in [-0.3, -0.25) is 14.5 Å². The van der Waals surface area contributed by atoms with Crippen LogP contribution in [-0.2, 0) is 20.9 Å². The zero-order valence-corrected chi connectivity index (χ0v) is 16.3. The van der Waals surface area contributed by atoms with E-state index in [1.165, 1.54) is 12.7 Å². The monoisotopic (exact) mass is 360 g/mol. The quantitative estimate of drug-likeness (QED) is 0.669. The van der Waals surface area contributed by atoms with Crippen LogP contribution in [0.25, 0.3) is 0 Å². The minimum absolute atomic E-state index is 0.157. The van der Waals surface area contributed by atoms with Crippen LogP contribution in [0.2, 0.25) is 0 Å². The molecule has 5 heteroatoms.